The number of aryl methyl sites for hydroxylation is 1. The first-order chi connectivity index (χ1) is 12.4. The molecule has 5 nitrogen and oxygen atoms in total. The molecule has 2 rings (SSSR count). The molecule has 0 aromatic heterocycles. The fourth-order valence-electron chi connectivity index (χ4n) is 2.64. The van der Waals surface area contributed by atoms with Crippen molar-refractivity contribution in [2.45, 2.75) is 45.7 Å². The summed E-state index contributed by atoms with van der Waals surface area (Å²) < 4.78 is 0. The number of hydrogen-bond acceptors (Lipinski definition) is 3. The fraction of sp³-hybridized carbons (Fsp3) is 0.333. The number of carbonyl (C=O) groups excluding carboxylic acids is 2. The van der Waals surface area contributed by atoms with Gasteiger partial charge in [-0.3, -0.25) is 9.59 Å². The van der Waals surface area contributed by atoms with Gasteiger partial charge in [-0.1, -0.05) is 30.3 Å². The molecule has 0 aliphatic heterocycles. The molecular weight excluding hydrogens is 326 g/mol. The molecule has 0 aliphatic carbocycles. The van der Waals surface area contributed by atoms with Crippen LogP contribution in [0.2, 0.25) is 0 Å². The van der Waals surface area contributed by atoms with E-state index in [4.69, 9.17) is 0 Å². The van der Waals surface area contributed by atoms with Gasteiger partial charge in [0.25, 0.3) is 0 Å². The van der Waals surface area contributed by atoms with Crippen LogP contribution in [0.3, 0.4) is 0 Å². The standard InChI is InChI=1S/C21H27N3O2/c1-15(9-10-18-7-5-4-6-8-18)22-21(26)16(2)23-19-11-13-20(14-12-19)24-17(3)25/h4-8,11-16,23H,9-10H2,1-3H3,(H,22,26)(H,24,25). The van der Waals surface area contributed by atoms with Crippen LogP contribution in [0, 0.1) is 0 Å². The Bertz CT molecular complexity index is 714. The molecule has 0 heterocycles. The van der Waals surface area contributed by atoms with Crippen molar-refractivity contribution in [2.75, 3.05) is 10.6 Å². The van der Waals surface area contributed by atoms with Crippen LogP contribution in [0.1, 0.15) is 32.8 Å². The molecular formula is C21H27N3O2. The second-order valence-corrected chi connectivity index (χ2v) is 6.56. The molecule has 2 atom stereocenters. The van der Waals surface area contributed by atoms with Crippen molar-refractivity contribution in [3.63, 3.8) is 0 Å². The van der Waals surface area contributed by atoms with Crippen molar-refractivity contribution < 1.29 is 9.59 Å². The average molecular weight is 353 g/mol. The van der Waals surface area contributed by atoms with Crippen LogP contribution in [-0.4, -0.2) is 23.9 Å². The van der Waals surface area contributed by atoms with Crippen molar-refractivity contribution in [1.29, 1.82) is 0 Å². The van der Waals surface area contributed by atoms with E-state index in [2.05, 4.69) is 28.1 Å². The normalized spacial score (nSPS) is 12.7. The molecule has 0 spiro atoms. The molecule has 2 unspecified atom stereocenters. The third-order valence-electron chi connectivity index (χ3n) is 4.08. The van der Waals surface area contributed by atoms with Crippen LogP contribution < -0.4 is 16.0 Å². The van der Waals surface area contributed by atoms with Gasteiger partial charge in [0.2, 0.25) is 11.8 Å². The predicted octanol–water partition coefficient (Wildman–Crippen LogP) is 3.58. The largest absolute Gasteiger partial charge is 0.374 e. The summed E-state index contributed by atoms with van der Waals surface area (Å²) in [4.78, 5) is 23.4. The highest BCUT2D eigenvalue weighted by Gasteiger charge is 2.15. The molecule has 2 aromatic carbocycles. The Balaban J connectivity index is 1.78. The quantitative estimate of drug-likeness (QED) is 0.679. The highest BCUT2D eigenvalue weighted by Crippen LogP contribution is 2.14. The maximum atomic E-state index is 12.4. The maximum Gasteiger partial charge on any atom is 0.242 e. The van der Waals surface area contributed by atoms with E-state index in [1.54, 1.807) is 12.1 Å². The summed E-state index contributed by atoms with van der Waals surface area (Å²) >= 11 is 0. The van der Waals surface area contributed by atoms with Gasteiger partial charge < -0.3 is 16.0 Å². The summed E-state index contributed by atoms with van der Waals surface area (Å²) in [5.74, 6) is -0.139. The number of rotatable bonds is 8. The monoisotopic (exact) mass is 353 g/mol. The molecule has 0 saturated heterocycles. The van der Waals surface area contributed by atoms with Crippen LogP contribution in [-0.2, 0) is 16.0 Å². The van der Waals surface area contributed by atoms with E-state index >= 15 is 0 Å². The molecule has 138 valence electrons. The van der Waals surface area contributed by atoms with E-state index in [9.17, 15) is 9.59 Å². The minimum Gasteiger partial charge on any atom is -0.374 e. The molecule has 0 radical (unpaired) electrons. The summed E-state index contributed by atoms with van der Waals surface area (Å²) in [6.45, 7) is 5.33. The lowest BCUT2D eigenvalue weighted by Gasteiger charge is -2.19. The summed E-state index contributed by atoms with van der Waals surface area (Å²) in [6, 6.07) is 17.3. The summed E-state index contributed by atoms with van der Waals surface area (Å²) in [6.07, 6.45) is 1.84. The second-order valence-electron chi connectivity index (χ2n) is 6.56. The zero-order chi connectivity index (χ0) is 18.9. The van der Waals surface area contributed by atoms with Gasteiger partial charge in [0.05, 0.1) is 0 Å². The molecule has 5 heteroatoms. The summed E-state index contributed by atoms with van der Waals surface area (Å²) in [5.41, 5.74) is 2.84. The minimum absolute atomic E-state index is 0.0310. The van der Waals surface area contributed by atoms with Crippen molar-refractivity contribution in [3.05, 3.63) is 60.2 Å². The van der Waals surface area contributed by atoms with Crippen LogP contribution in [0.15, 0.2) is 54.6 Å². The van der Waals surface area contributed by atoms with Gasteiger partial charge in [0, 0.05) is 24.3 Å². The SMILES string of the molecule is CC(=O)Nc1ccc(NC(C)C(=O)NC(C)CCc2ccccc2)cc1. The van der Waals surface area contributed by atoms with Crippen LogP contribution >= 0.6 is 0 Å². The first kappa shape index (κ1) is 19.5. The number of nitrogens with one attached hydrogen (secondary N) is 3. The van der Waals surface area contributed by atoms with E-state index in [1.165, 1.54) is 12.5 Å². The van der Waals surface area contributed by atoms with E-state index in [0.29, 0.717) is 0 Å². The number of amides is 2. The van der Waals surface area contributed by atoms with Crippen LogP contribution in [0.25, 0.3) is 0 Å². The molecule has 3 N–H and O–H groups in total. The van der Waals surface area contributed by atoms with Crippen molar-refractivity contribution >= 4 is 23.2 Å². The van der Waals surface area contributed by atoms with E-state index in [1.807, 2.05) is 44.2 Å². The minimum atomic E-state index is -0.346. The maximum absolute atomic E-state index is 12.4. The Hall–Kier alpha value is -2.82. The molecule has 2 amide bonds. The lowest BCUT2D eigenvalue weighted by Crippen LogP contribution is -2.42. The van der Waals surface area contributed by atoms with Gasteiger partial charge in [-0.15, -0.1) is 0 Å². The first-order valence-electron chi connectivity index (χ1n) is 8.92. The molecule has 26 heavy (non-hydrogen) atoms. The smallest absolute Gasteiger partial charge is 0.242 e. The lowest BCUT2D eigenvalue weighted by molar-refractivity contribution is -0.122. The van der Waals surface area contributed by atoms with Gasteiger partial charge in [-0.05, 0) is 56.5 Å². The summed E-state index contributed by atoms with van der Waals surface area (Å²) in [7, 11) is 0. The van der Waals surface area contributed by atoms with Gasteiger partial charge in [-0.25, -0.2) is 0 Å². The molecule has 0 fully saturated rings. The number of hydrogen-bond donors (Lipinski definition) is 3. The number of anilines is 2. The fourth-order valence-corrected chi connectivity index (χ4v) is 2.64. The van der Waals surface area contributed by atoms with E-state index < -0.39 is 0 Å². The Kier molecular flexibility index (Phi) is 7.21. The van der Waals surface area contributed by atoms with Gasteiger partial charge >= 0.3 is 0 Å². The van der Waals surface area contributed by atoms with Crippen LogP contribution in [0.5, 0.6) is 0 Å². The molecule has 0 saturated carbocycles. The molecule has 2 aromatic rings. The topological polar surface area (TPSA) is 70.2 Å². The second kappa shape index (κ2) is 9.61. The van der Waals surface area contributed by atoms with Crippen LogP contribution in [0.4, 0.5) is 11.4 Å². The van der Waals surface area contributed by atoms with Crippen molar-refractivity contribution in [3.8, 4) is 0 Å². The Morgan fingerprint density at radius 2 is 1.54 bits per heavy atom. The third kappa shape index (κ3) is 6.59. The lowest BCUT2D eigenvalue weighted by atomic mass is 10.1. The Morgan fingerprint density at radius 3 is 2.15 bits per heavy atom. The van der Waals surface area contributed by atoms with Crippen molar-refractivity contribution in [2.24, 2.45) is 0 Å². The highest BCUT2D eigenvalue weighted by atomic mass is 16.2. The predicted molar refractivity (Wildman–Crippen MR) is 106 cm³/mol. The zero-order valence-electron chi connectivity index (χ0n) is 15.6. The highest BCUT2D eigenvalue weighted by molar-refractivity contribution is 5.89. The Morgan fingerprint density at radius 1 is 0.923 bits per heavy atom. The number of carbonyl (C=O) groups is 2. The van der Waals surface area contributed by atoms with Gasteiger partial charge in [-0.2, -0.15) is 0 Å². The van der Waals surface area contributed by atoms with E-state index in [0.717, 1.165) is 24.2 Å². The Labute approximate surface area is 155 Å². The molecule has 0 aliphatic rings. The first-order valence-corrected chi connectivity index (χ1v) is 8.92. The average Bonchev–Trinajstić information content (AvgIpc) is 2.62. The van der Waals surface area contributed by atoms with Gasteiger partial charge in [0.15, 0.2) is 0 Å². The number of benzene rings is 2. The van der Waals surface area contributed by atoms with Crippen molar-refractivity contribution in [1.82, 2.24) is 5.32 Å². The summed E-state index contributed by atoms with van der Waals surface area (Å²) in [5, 5.41) is 8.94. The molecule has 0 bridgehead atoms. The van der Waals surface area contributed by atoms with E-state index in [-0.39, 0.29) is 23.9 Å². The third-order valence-corrected chi connectivity index (χ3v) is 4.08. The zero-order valence-corrected chi connectivity index (χ0v) is 15.6. The van der Waals surface area contributed by atoms with Gasteiger partial charge in [0.1, 0.15) is 6.04 Å².